The molecule has 2 aliphatic heterocycles. The third-order valence-corrected chi connectivity index (χ3v) is 1.47. The summed E-state index contributed by atoms with van der Waals surface area (Å²) in [5.74, 6) is 0.752. The lowest BCUT2D eigenvalue weighted by Gasteiger charge is -2.13. The lowest BCUT2D eigenvalue weighted by molar-refractivity contribution is -0.120. The quantitative estimate of drug-likeness (QED) is 0.469. The van der Waals surface area contributed by atoms with Crippen molar-refractivity contribution >= 4 is 11.7 Å². The molecule has 2 rings (SSSR count). The molecule has 0 aromatic heterocycles. The smallest absolute Gasteiger partial charge is 0.256 e. The van der Waals surface area contributed by atoms with E-state index >= 15 is 0 Å². The van der Waals surface area contributed by atoms with Gasteiger partial charge in [0, 0.05) is 12.3 Å². The van der Waals surface area contributed by atoms with Gasteiger partial charge >= 0.3 is 0 Å². The molecule has 0 atom stereocenters. The second kappa shape index (κ2) is 1.80. The number of hydrogen-bond acceptors (Lipinski definition) is 2. The van der Waals surface area contributed by atoms with E-state index in [-0.39, 0.29) is 5.91 Å². The second-order valence-electron chi connectivity index (χ2n) is 2.13. The molecule has 0 unspecified atom stereocenters. The molecule has 50 valence electrons. The monoisotopic (exact) mass is 134 g/mol. The van der Waals surface area contributed by atoms with Crippen LogP contribution in [-0.4, -0.2) is 23.2 Å². The van der Waals surface area contributed by atoms with Gasteiger partial charge in [-0.15, -0.1) is 0 Å². The molecule has 2 heterocycles. The molecule has 0 fully saturated rings. The number of aliphatic imine (C=N–C) groups is 1. The van der Waals surface area contributed by atoms with E-state index in [2.05, 4.69) is 4.99 Å². The van der Waals surface area contributed by atoms with Gasteiger partial charge < -0.3 is 0 Å². The molecular weight excluding hydrogens is 128 g/mol. The lowest BCUT2D eigenvalue weighted by atomic mass is 10.4. The van der Waals surface area contributed by atoms with Gasteiger partial charge in [-0.3, -0.25) is 14.7 Å². The fourth-order valence-electron chi connectivity index (χ4n) is 0.997. The first-order chi connectivity index (χ1) is 4.88. The molecule has 0 aromatic rings. The number of carbonyl (C=O) groups is 1. The summed E-state index contributed by atoms with van der Waals surface area (Å²) in [6, 6.07) is 0. The minimum absolute atomic E-state index is 0.00491. The van der Waals surface area contributed by atoms with Crippen molar-refractivity contribution in [2.45, 2.75) is 0 Å². The summed E-state index contributed by atoms with van der Waals surface area (Å²) in [6.07, 6.45) is 6.86. The predicted octanol–water partition coefficient (Wildman–Crippen LogP) is 0.311. The van der Waals surface area contributed by atoms with E-state index in [4.69, 9.17) is 0 Å². The topological polar surface area (TPSA) is 32.7 Å². The van der Waals surface area contributed by atoms with Crippen LogP contribution in [0.15, 0.2) is 29.4 Å². The average Bonchev–Trinajstić information content (AvgIpc) is 2.34. The van der Waals surface area contributed by atoms with Gasteiger partial charge in [-0.05, 0) is 12.2 Å². The number of carbonyl (C=O) groups excluding carboxylic acids is 1. The fourth-order valence-corrected chi connectivity index (χ4v) is 0.997. The highest BCUT2D eigenvalue weighted by Gasteiger charge is 2.19. The minimum atomic E-state index is -0.00491. The number of amidine groups is 1. The second-order valence-corrected chi connectivity index (χ2v) is 2.13. The van der Waals surface area contributed by atoms with E-state index in [1.807, 2.05) is 6.08 Å². The van der Waals surface area contributed by atoms with Crippen LogP contribution in [0.2, 0.25) is 0 Å². The van der Waals surface area contributed by atoms with Crippen molar-refractivity contribution < 1.29 is 4.79 Å². The lowest BCUT2D eigenvalue weighted by Crippen LogP contribution is -2.26. The molecule has 0 saturated carbocycles. The van der Waals surface area contributed by atoms with Gasteiger partial charge in [0.05, 0.1) is 6.54 Å². The first kappa shape index (κ1) is 5.41. The molecule has 2 aliphatic rings. The first-order valence-corrected chi connectivity index (χ1v) is 3.10. The zero-order chi connectivity index (χ0) is 6.97. The van der Waals surface area contributed by atoms with Crippen LogP contribution in [0.5, 0.6) is 0 Å². The van der Waals surface area contributed by atoms with E-state index in [0.717, 1.165) is 5.84 Å². The fraction of sp³-hybridized carbons (Fsp3) is 0.143. The normalized spacial score (nSPS) is 21.4. The van der Waals surface area contributed by atoms with Crippen LogP contribution in [0, 0.1) is 0 Å². The Morgan fingerprint density at radius 3 is 3.20 bits per heavy atom. The molecule has 10 heavy (non-hydrogen) atoms. The van der Waals surface area contributed by atoms with Gasteiger partial charge in [0.2, 0.25) is 0 Å². The number of hydrogen-bond donors (Lipinski definition) is 0. The van der Waals surface area contributed by atoms with Gasteiger partial charge in [-0.1, -0.05) is 0 Å². The van der Waals surface area contributed by atoms with Crippen molar-refractivity contribution in [3.63, 3.8) is 0 Å². The molecular formula is C7H6N2O. The van der Waals surface area contributed by atoms with E-state index in [1.165, 1.54) is 11.0 Å². The molecule has 0 saturated heterocycles. The Labute approximate surface area is 58.4 Å². The Morgan fingerprint density at radius 2 is 2.40 bits per heavy atom. The average molecular weight is 134 g/mol. The third kappa shape index (κ3) is 0.603. The van der Waals surface area contributed by atoms with Gasteiger partial charge in [-0.25, -0.2) is 0 Å². The zero-order valence-electron chi connectivity index (χ0n) is 5.32. The Hall–Kier alpha value is -1.38. The molecule has 3 heteroatoms. The molecule has 0 aliphatic carbocycles. The van der Waals surface area contributed by atoms with Crippen molar-refractivity contribution in [3.8, 4) is 0 Å². The van der Waals surface area contributed by atoms with Crippen LogP contribution in [-0.2, 0) is 4.79 Å². The van der Waals surface area contributed by atoms with Gasteiger partial charge in [0.25, 0.3) is 5.91 Å². The van der Waals surface area contributed by atoms with E-state index in [1.54, 1.807) is 12.3 Å². The Balaban J connectivity index is 2.39. The maximum absolute atomic E-state index is 10.9. The Morgan fingerprint density at radius 1 is 1.50 bits per heavy atom. The van der Waals surface area contributed by atoms with Gasteiger partial charge in [-0.2, -0.15) is 0 Å². The van der Waals surface area contributed by atoms with Crippen LogP contribution in [0.1, 0.15) is 0 Å². The highest BCUT2D eigenvalue weighted by Crippen LogP contribution is 2.08. The van der Waals surface area contributed by atoms with Crippen molar-refractivity contribution in [1.29, 1.82) is 0 Å². The minimum Gasteiger partial charge on any atom is -0.269 e. The summed E-state index contributed by atoms with van der Waals surface area (Å²) in [5.41, 5.74) is 0. The highest BCUT2D eigenvalue weighted by atomic mass is 16.2. The van der Waals surface area contributed by atoms with Crippen LogP contribution < -0.4 is 0 Å². The van der Waals surface area contributed by atoms with Crippen LogP contribution in [0.25, 0.3) is 0 Å². The van der Waals surface area contributed by atoms with E-state index < -0.39 is 0 Å². The summed E-state index contributed by atoms with van der Waals surface area (Å²) in [5, 5.41) is 0. The maximum atomic E-state index is 10.9. The molecule has 0 radical (unpaired) electrons. The highest BCUT2D eigenvalue weighted by molar-refractivity contribution is 6.16. The molecule has 3 nitrogen and oxygen atoms in total. The summed E-state index contributed by atoms with van der Waals surface area (Å²) in [6.45, 7) is 0.684. The van der Waals surface area contributed by atoms with Gasteiger partial charge in [0.15, 0.2) is 0 Å². The maximum Gasteiger partial charge on any atom is 0.256 e. The molecule has 0 spiro atoms. The van der Waals surface area contributed by atoms with Crippen LogP contribution >= 0.6 is 0 Å². The van der Waals surface area contributed by atoms with Crippen LogP contribution in [0.3, 0.4) is 0 Å². The number of fused-ring (bicyclic) bond motifs is 1. The van der Waals surface area contributed by atoms with Crippen molar-refractivity contribution in [1.82, 2.24) is 4.90 Å². The van der Waals surface area contributed by atoms with Crippen molar-refractivity contribution in [3.05, 3.63) is 24.4 Å². The summed E-state index contributed by atoms with van der Waals surface area (Å²) < 4.78 is 0. The SMILES string of the molecule is O=C1C=CC2=NCC=CN12. The Kier molecular flexibility index (Phi) is 0.974. The standard InChI is InChI=1S/C7H6N2O/c10-7-3-2-6-8-4-1-5-9(6)7/h1-3,5H,4H2. The van der Waals surface area contributed by atoms with E-state index in [9.17, 15) is 4.79 Å². The Bertz CT molecular complexity index is 263. The largest absolute Gasteiger partial charge is 0.269 e. The number of amides is 1. The van der Waals surface area contributed by atoms with E-state index in [0.29, 0.717) is 6.54 Å². The van der Waals surface area contributed by atoms with Crippen LogP contribution in [0.4, 0.5) is 0 Å². The number of rotatable bonds is 0. The van der Waals surface area contributed by atoms with Crippen molar-refractivity contribution in [2.24, 2.45) is 4.99 Å². The third-order valence-electron chi connectivity index (χ3n) is 1.47. The van der Waals surface area contributed by atoms with Crippen molar-refractivity contribution in [2.75, 3.05) is 6.54 Å². The molecule has 0 bridgehead atoms. The summed E-state index contributed by atoms with van der Waals surface area (Å²) in [7, 11) is 0. The molecule has 0 aromatic carbocycles. The number of nitrogens with zero attached hydrogens (tertiary/aromatic N) is 2. The molecule has 1 amide bonds. The zero-order valence-corrected chi connectivity index (χ0v) is 5.32. The molecule has 0 N–H and O–H groups in total. The van der Waals surface area contributed by atoms with Gasteiger partial charge in [0.1, 0.15) is 5.84 Å². The predicted molar refractivity (Wildman–Crippen MR) is 37.4 cm³/mol. The summed E-state index contributed by atoms with van der Waals surface area (Å²) >= 11 is 0. The summed E-state index contributed by atoms with van der Waals surface area (Å²) in [4.78, 5) is 16.5. The first-order valence-electron chi connectivity index (χ1n) is 3.10.